The average Bonchev–Trinajstić information content (AvgIpc) is 2.71. The van der Waals surface area contributed by atoms with Crippen molar-refractivity contribution in [2.45, 2.75) is 39.0 Å². The summed E-state index contributed by atoms with van der Waals surface area (Å²) in [4.78, 5) is 5.03. The van der Waals surface area contributed by atoms with Crippen LogP contribution in [-0.4, -0.2) is 24.2 Å². The van der Waals surface area contributed by atoms with E-state index >= 15 is 0 Å². The fraction of sp³-hybridized carbons (Fsp3) is 0.368. The number of para-hydroxylation sites is 1. The van der Waals surface area contributed by atoms with Crippen LogP contribution in [0.5, 0.6) is 0 Å². The van der Waals surface area contributed by atoms with E-state index in [0.717, 1.165) is 0 Å². The van der Waals surface area contributed by atoms with E-state index in [0.29, 0.717) is 18.2 Å². The summed E-state index contributed by atoms with van der Waals surface area (Å²) in [6.45, 7) is 6.83. The van der Waals surface area contributed by atoms with Crippen LogP contribution in [0.25, 0.3) is 0 Å². The van der Waals surface area contributed by atoms with Gasteiger partial charge in [-0.05, 0) is 45.0 Å². The van der Waals surface area contributed by atoms with Crippen molar-refractivity contribution in [3.63, 3.8) is 0 Å². The SMILES string of the molecule is Cc1ccccc1N1C(C)N(C)C(c2ccccc2)[C@@H]1C. The van der Waals surface area contributed by atoms with Crippen molar-refractivity contribution in [1.82, 2.24) is 4.90 Å². The van der Waals surface area contributed by atoms with Crippen molar-refractivity contribution in [2.24, 2.45) is 0 Å². The third-order valence-corrected chi connectivity index (χ3v) is 4.86. The first-order chi connectivity index (χ1) is 10.1. The third-order valence-electron chi connectivity index (χ3n) is 4.86. The molecule has 2 unspecified atom stereocenters. The summed E-state index contributed by atoms with van der Waals surface area (Å²) >= 11 is 0. The van der Waals surface area contributed by atoms with Crippen LogP contribution in [0.2, 0.25) is 0 Å². The number of likely N-dealkylation sites (N-methyl/N-ethyl adjacent to an activating group) is 1. The summed E-state index contributed by atoms with van der Waals surface area (Å²) in [5.74, 6) is 0. The molecule has 0 saturated carbocycles. The molecule has 0 spiro atoms. The van der Waals surface area contributed by atoms with E-state index in [4.69, 9.17) is 0 Å². The first-order valence-electron chi connectivity index (χ1n) is 7.72. The van der Waals surface area contributed by atoms with Crippen LogP contribution in [0, 0.1) is 6.92 Å². The lowest BCUT2D eigenvalue weighted by atomic mass is 10.00. The lowest BCUT2D eigenvalue weighted by Crippen LogP contribution is -2.36. The first kappa shape index (κ1) is 14.2. The number of nitrogens with zero attached hydrogens (tertiary/aromatic N) is 2. The number of rotatable bonds is 2. The van der Waals surface area contributed by atoms with Crippen LogP contribution in [-0.2, 0) is 0 Å². The van der Waals surface area contributed by atoms with E-state index in [1.165, 1.54) is 16.8 Å². The maximum Gasteiger partial charge on any atom is 0.0799 e. The lowest BCUT2D eigenvalue weighted by molar-refractivity contribution is 0.252. The van der Waals surface area contributed by atoms with E-state index in [-0.39, 0.29) is 0 Å². The highest BCUT2D eigenvalue weighted by atomic mass is 15.4. The number of benzene rings is 2. The zero-order valence-electron chi connectivity index (χ0n) is 13.3. The highest BCUT2D eigenvalue weighted by Gasteiger charge is 2.41. The monoisotopic (exact) mass is 280 g/mol. The van der Waals surface area contributed by atoms with E-state index in [2.05, 4.69) is 92.2 Å². The molecule has 0 amide bonds. The van der Waals surface area contributed by atoms with Crippen molar-refractivity contribution in [3.05, 3.63) is 65.7 Å². The molecule has 2 aromatic carbocycles. The number of anilines is 1. The second kappa shape index (κ2) is 5.53. The smallest absolute Gasteiger partial charge is 0.0799 e. The molecule has 0 aromatic heterocycles. The highest BCUT2D eigenvalue weighted by Crippen LogP contribution is 2.40. The Bertz CT molecular complexity index is 608. The summed E-state index contributed by atoms with van der Waals surface area (Å²) in [5, 5.41) is 0. The van der Waals surface area contributed by atoms with Crippen molar-refractivity contribution < 1.29 is 0 Å². The molecule has 1 heterocycles. The molecule has 0 bridgehead atoms. The molecule has 21 heavy (non-hydrogen) atoms. The highest BCUT2D eigenvalue weighted by molar-refractivity contribution is 5.56. The Kier molecular flexibility index (Phi) is 3.73. The van der Waals surface area contributed by atoms with Gasteiger partial charge in [0.2, 0.25) is 0 Å². The van der Waals surface area contributed by atoms with E-state index < -0.39 is 0 Å². The Labute approximate surface area is 128 Å². The molecule has 0 aliphatic carbocycles. The number of hydrogen-bond acceptors (Lipinski definition) is 2. The van der Waals surface area contributed by atoms with Crippen molar-refractivity contribution in [3.8, 4) is 0 Å². The van der Waals surface area contributed by atoms with Gasteiger partial charge in [0.25, 0.3) is 0 Å². The lowest BCUT2D eigenvalue weighted by Gasteiger charge is -2.30. The van der Waals surface area contributed by atoms with Gasteiger partial charge in [-0.25, -0.2) is 0 Å². The Morgan fingerprint density at radius 3 is 2.14 bits per heavy atom. The van der Waals surface area contributed by atoms with Crippen LogP contribution in [0.1, 0.15) is 31.0 Å². The second-order valence-corrected chi connectivity index (χ2v) is 6.09. The maximum absolute atomic E-state index is 2.55. The summed E-state index contributed by atoms with van der Waals surface area (Å²) in [6.07, 6.45) is 0.395. The predicted octanol–water partition coefficient (Wildman–Crippen LogP) is 4.22. The molecule has 3 atom stereocenters. The molecule has 0 radical (unpaired) electrons. The molecule has 110 valence electrons. The topological polar surface area (TPSA) is 6.48 Å². The molecule has 1 aliphatic heterocycles. The Balaban J connectivity index is 2.00. The Morgan fingerprint density at radius 2 is 1.48 bits per heavy atom. The minimum Gasteiger partial charge on any atom is -0.351 e. The van der Waals surface area contributed by atoms with Gasteiger partial charge in [-0.1, -0.05) is 48.5 Å². The summed E-state index contributed by atoms with van der Waals surface area (Å²) in [5.41, 5.74) is 4.09. The van der Waals surface area contributed by atoms with Gasteiger partial charge < -0.3 is 4.90 Å². The molecule has 1 saturated heterocycles. The van der Waals surface area contributed by atoms with Crippen LogP contribution in [0.3, 0.4) is 0 Å². The van der Waals surface area contributed by atoms with Gasteiger partial charge in [0.05, 0.1) is 12.2 Å². The normalized spacial score (nSPS) is 26.3. The predicted molar refractivity (Wildman–Crippen MR) is 89.5 cm³/mol. The molecule has 2 aromatic rings. The van der Waals surface area contributed by atoms with Crippen LogP contribution in [0.15, 0.2) is 54.6 Å². The summed E-state index contributed by atoms with van der Waals surface area (Å²) in [7, 11) is 2.23. The zero-order chi connectivity index (χ0) is 15.0. The van der Waals surface area contributed by atoms with Crippen molar-refractivity contribution in [2.75, 3.05) is 11.9 Å². The number of hydrogen-bond donors (Lipinski definition) is 0. The Hall–Kier alpha value is -1.80. The van der Waals surface area contributed by atoms with E-state index in [1.54, 1.807) is 0 Å². The minimum absolute atomic E-state index is 0.395. The average molecular weight is 280 g/mol. The third kappa shape index (κ3) is 2.34. The van der Waals surface area contributed by atoms with Gasteiger partial charge in [-0.15, -0.1) is 0 Å². The van der Waals surface area contributed by atoms with Gasteiger partial charge in [-0.2, -0.15) is 0 Å². The van der Waals surface area contributed by atoms with E-state index in [1.807, 2.05) is 0 Å². The molecule has 1 fully saturated rings. The standard InChI is InChI=1S/C19H24N2/c1-14-10-8-9-13-18(14)21-15(2)19(20(4)16(21)3)17-11-6-5-7-12-17/h5-13,15-16,19H,1-4H3/t15-,16?,19?/m0/s1. The molecule has 2 heteroatoms. The zero-order valence-corrected chi connectivity index (χ0v) is 13.3. The quantitative estimate of drug-likeness (QED) is 0.812. The first-order valence-corrected chi connectivity index (χ1v) is 7.72. The van der Waals surface area contributed by atoms with Crippen molar-refractivity contribution in [1.29, 1.82) is 0 Å². The van der Waals surface area contributed by atoms with Gasteiger partial charge >= 0.3 is 0 Å². The maximum atomic E-state index is 2.55. The Morgan fingerprint density at radius 1 is 0.857 bits per heavy atom. The molecule has 0 N–H and O–H groups in total. The molecular formula is C19H24N2. The summed E-state index contributed by atoms with van der Waals surface area (Å²) in [6, 6.07) is 20.4. The summed E-state index contributed by atoms with van der Waals surface area (Å²) < 4.78 is 0. The minimum atomic E-state index is 0.395. The molecule has 3 rings (SSSR count). The van der Waals surface area contributed by atoms with Crippen LogP contribution < -0.4 is 4.90 Å². The van der Waals surface area contributed by atoms with Gasteiger partial charge in [-0.3, -0.25) is 4.90 Å². The molecule has 1 aliphatic rings. The number of aryl methyl sites for hydroxylation is 1. The van der Waals surface area contributed by atoms with Gasteiger partial charge in [0.1, 0.15) is 0 Å². The van der Waals surface area contributed by atoms with Gasteiger partial charge in [0.15, 0.2) is 0 Å². The second-order valence-electron chi connectivity index (χ2n) is 6.09. The van der Waals surface area contributed by atoms with Gasteiger partial charge in [0, 0.05) is 11.7 Å². The van der Waals surface area contributed by atoms with E-state index in [9.17, 15) is 0 Å². The van der Waals surface area contributed by atoms with Crippen LogP contribution in [0.4, 0.5) is 5.69 Å². The van der Waals surface area contributed by atoms with Crippen LogP contribution >= 0.6 is 0 Å². The molecule has 2 nitrogen and oxygen atoms in total. The molecular weight excluding hydrogens is 256 g/mol. The van der Waals surface area contributed by atoms with Crippen molar-refractivity contribution >= 4 is 5.69 Å². The fourth-order valence-electron chi connectivity index (χ4n) is 3.70. The largest absolute Gasteiger partial charge is 0.351 e. The fourth-order valence-corrected chi connectivity index (χ4v) is 3.70.